The average Bonchev–Trinajstić information content (AvgIpc) is 3.26. The maximum absolute atomic E-state index is 13.7. The number of barbiturate groups is 1. The number of halogens is 1. The van der Waals surface area contributed by atoms with Gasteiger partial charge in [-0.2, -0.15) is 0 Å². The van der Waals surface area contributed by atoms with Gasteiger partial charge in [0.1, 0.15) is 17.1 Å². The van der Waals surface area contributed by atoms with Gasteiger partial charge in [-0.3, -0.25) is 14.9 Å². The molecule has 9 heteroatoms. The van der Waals surface area contributed by atoms with Crippen LogP contribution in [0.1, 0.15) is 25.0 Å². The molecular weight excluding hydrogens is 518 g/mol. The smallest absolute Gasteiger partial charge is 0.336 e. The summed E-state index contributed by atoms with van der Waals surface area (Å²) in [7, 11) is 0. The Morgan fingerprint density at radius 2 is 1.67 bits per heavy atom. The van der Waals surface area contributed by atoms with E-state index < -0.39 is 17.8 Å². The molecule has 1 N–H and O–H groups in total. The molecular formula is C30H26ClN3O5. The highest BCUT2D eigenvalue weighted by atomic mass is 35.5. The molecule has 4 amide bonds. The standard InChI is InChI=1S/C30H26ClN3O5/c1-3-38-21-13-14-27(39-4-2)26(16-21)34-29(36)23(28(35)32-30(34)37)15-20-18-33(25-12-8-6-10-22(20)25)17-19-9-5-7-11-24(19)31/h5-16,18H,3-4,17H2,1-2H3,(H,32,35,37)/b23-15+. The summed E-state index contributed by atoms with van der Waals surface area (Å²) in [6.07, 6.45) is 3.37. The molecule has 0 spiro atoms. The number of ether oxygens (including phenoxy) is 2. The van der Waals surface area contributed by atoms with E-state index in [0.717, 1.165) is 21.4 Å². The minimum Gasteiger partial charge on any atom is -0.494 e. The molecule has 39 heavy (non-hydrogen) atoms. The first-order valence-corrected chi connectivity index (χ1v) is 12.9. The highest BCUT2D eigenvalue weighted by Gasteiger charge is 2.38. The van der Waals surface area contributed by atoms with Crippen LogP contribution in [0.5, 0.6) is 11.5 Å². The Hall–Kier alpha value is -4.56. The maximum Gasteiger partial charge on any atom is 0.336 e. The summed E-state index contributed by atoms with van der Waals surface area (Å²) in [4.78, 5) is 40.5. The number of rotatable bonds is 8. The summed E-state index contributed by atoms with van der Waals surface area (Å²) < 4.78 is 13.3. The molecule has 1 saturated heterocycles. The molecule has 0 atom stereocenters. The van der Waals surface area contributed by atoms with E-state index in [1.807, 2.05) is 66.2 Å². The summed E-state index contributed by atoms with van der Waals surface area (Å²) >= 11 is 6.40. The number of aromatic nitrogens is 1. The number of imide groups is 2. The lowest BCUT2D eigenvalue weighted by atomic mass is 10.1. The molecule has 0 unspecified atom stereocenters. The number of anilines is 1. The van der Waals surface area contributed by atoms with Crippen LogP contribution in [0.3, 0.4) is 0 Å². The van der Waals surface area contributed by atoms with Crippen molar-refractivity contribution < 1.29 is 23.9 Å². The SMILES string of the molecule is CCOc1ccc(OCC)c(N2C(=O)NC(=O)/C(=C\c3cn(Cc4ccccc4Cl)c4ccccc34)C2=O)c1. The normalized spacial score (nSPS) is 14.7. The number of nitrogens with zero attached hydrogens (tertiary/aromatic N) is 2. The van der Waals surface area contributed by atoms with E-state index in [2.05, 4.69) is 5.32 Å². The van der Waals surface area contributed by atoms with Crippen LogP contribution < -0.4 is 19.7 Å². The number of carbonyl (C=O) groups is 3. The van der Waals surface area contributed by atoms with Crippen LogP contribution in [-0.4, -0.2) is 35.6 Å². The van der Waals surface area contributed by atoms with Gasteiger partial charge in [-0.1, -0.05) is 48.0 Å². The van der Waals surface area contributed by atoms with Crippen molar-refractivity contribution in [3.05, 3.63) is 94.6 Å². The lowest BCUT2D eigenvalue weighted by molar-refractivity contribution is -0.122. The largest absolute Gasteiger partial charge is 0.494 e. The average molecular weight is 544 g/mol. The summed E-state index contributed by atoms with van der Waals surface area (Å²) in [5, 5.41) is 3.78. The van der Waals surface area contributed by atoms with E-state index in [0.29, 0.717) is 41.8 Å². The van der Waals surface area contributed by atoms with Gasteiger partial charge in [-0.25, -0.2) is 9.69 Å². The molecule has 198 valence electrons. The minimum absolute atomic E-state index is 0.181. The van der Waals surface area contributed by atoms with Crippen molar-refractivity contribution >= 4 is 52.1 Å². The fraction of sp³-hybridized carbons (Fsp3) is 0.167. The highest BCUT2D eigenvalue weighted by molar-refractivity contribution is 6.39. The topological polar surface area (TPSA) is 89.9 Å². The number of carbonyl (C=O) groups excluding carboxylic acids is 3. The van der Waals surface area contributed by atoms with Crippen LogP contribution >= 0.6 is 11.6 Å². The predicted molar refractivity (Wildman–Crippen MR) is 150 cm³/mol. The Balaban J connectivity index is 1.58. The van der Waals surface area contributed by atoms with E-state index >= 15 is 0 Å². The van der Waals surface area contributed by atoms with Crippen LogP contribution in [0.2, 0.25) is 5.02 Å². The van der Waals surface area contributed by atoms with Crippen molar-refractivity contribution in [3.63, 3.8) is 0 Å². The van der Waals surface area contributed by atoms with E-state index in [-0.39, 0.29) is 11.3 Å². The van der Waals surface area contributed by atoms with Crippen LogP contribution in [-0.2, 0) is 16.1 Å². The molecule has 0 saturated carbocycles. The van der Waals surface area contributed by atoms with E-state index in [1.54, 1.807) is 25.1 Å². The summed E-state index contributed by atoms with van der Waals surface area (Å²) in [6, 6.07) is 19.3. The Labute approximate surface area is 230 Å². The number of urea groups is 1. The zero-order valence-corrected chi connectivity index (χ0v) is 22.2. The molecule has 0 bridgehead atoms. The number of amides is 4. The molecule has 3 aromatic carbocycles. The van der Waals surface area contributed by atoms with Crippen molar-refractivity contribution in [2.45, 2.75) is 20.4 Å². The van der Waals surface area contributed by atoms with Gasteiger partial charge < -0.3 is 14.0 Å². The Bertz CT molecular complexity index is 1620. The second-order valence-electron chi connectivity index (χ2n) is 8.77. The number of para-hydroxylation sites is 1. The van der Waals surface area contributed by atoms with Gasteiger partial charge in [0.15, 0.2) is 0 Å². The quantitative estimate of drug-likeness (QED) is 0.224. The van der Waals surface area contributed by atoms with Crippen molar-refractivity contribution in [3.8, 4) is 11.5 Å². The first kappa shape index (κ1) is 26.1. The lowest BCUT2D eigenvalue weighted by Crippen LogP contribution is -2.54. The third-order valence-corrected chi connectivity index (χ3v) is 6.67. The van der Waals surface area contributed by atoms with Crippen LogP contribution in [0.25, 0.3) is 17.0 Å². The second kappa shape index (κ2) is 11.0. The van der Waals surface area contributed by atoms with Gasteiger partial charge in [0, 0.05) is 40.3 Å². The molecule has 1 aliphatic heterocycles. The summed E-state index contributed by atoms with van der Waals surface area (Å²) in [5.41, 5.74) is 2.49. The third kappa shape index (κ3) is 5.11. The van der Waals surface area contributed by atoms with Crippen molar-refractivity contribution in [1.82, 2.24) is 9.88 Å². The van der Waals surface area contributed by atoms with Gasteiger partial charge in [-0.15, -0.1) is 0 Å². The number of hydrogen-bond acceptors (Lipinski definition) is 5. The number of hydrogen-bond donors (Lipinski definition) is 1. The van der Waals surface area contributed by atoms with E-state index in [4.69, 9.17) is 21.1 Å². The Kier molecular flexibility index (Phi) is 7.38. The minimum atomic E-state index is -0.863. The van der Waals surface area contributed by atoms with Gasteiger partial charge in [-0.05, 0) is 49.8 Å². The molecule has 1 fully saturated rings. The lowest BCUT2D eigenvalue weighted by Gasteiger charge is -2.28. The second-order valence-corrected chi connectivity index (χ2v) is 9.18. The van der Waals surface area contributed by atoms with Crippen LogP contribution in [0.15, 0.2) is 78.5 Å². The van der Waals surface area contributed by atoms with Crippen LogP contribution in [0, 0.1) is 0 Å². The molecule has 1 aliphatic rings. The maximum atomic E-state index is 13.7. The first-order valence-electron chi connectivity index (χ1n) is 12.5. The summed E-state index contributed by atoms with van der Waals surface area (Å²) in [6.45, 7) is 4.84. The monoisotopic (exact) mass is 543 g/mol. The molecule has 0 aliphatic carbocycles. The molecule has 1 aromatic heterocycles. The highest BCUT2D eigenvalue weighted by Crippen LogP contribution is 2.35. The Morgan fingerprint density at radius 1 is 0.923 bits per heavy atom. The Morgan fingerprint density at radius 3 is 2.44 bits per heavy atom. The van der Waals surface area contributed by atoms with Gasteiger partial charge in [0.05, 0.1) is 18.9 Å². The van der Waals surface area contributed by atoms with Crippen molar-refractivity contribution in [2.24, 2.45) is 0 Å². The summed E-state index contributed by atoms with van der Waals surface area (Å²) in [5.74, 6) is -0.763. The zero-order chi connectivity index (χ0) is 27.5. The molecule has 5 rings (SSSR count). The van der Waals surface area contributed by atoms with Gasteiger partial charge in [0.2, 0.25) is 0 Å². The number of benzene rings is 3. The third-order valence-electron chi connectivity index (χ3n) is 6.30. The number of nitrogens with one attached hydrogen (secondary N) is 1. The number of fused-ring (bicyclic) bond motifs is 1. The predicted octanol–water partition coefficient (Wildman–Crippen LogP) is 5.81. The van der Waals surface area contributed by atoms with Gasteiger partial charge in [0.25, 0.3) is 11.8 Å². The van der Waals surface area contributed by atoms with E-state index in [9.17, 15) is 14.4 Å². The zero-order valence-electron chi connectivity index (χ0n) is 21.4. The van der Waals surface area contributed by atoms with Crippen LogP contribution in [0.4, 0.5) is 10.5 Å². The van der Waals surface area contributed by atoms with Crippen molar-refractivity contribution in [1.29, 1.82) is 0 Å². The first-order chi connectivity index (χ1) is 18.9. The van der Waals surface area contributed by atoms with Gasteiger partial charge >= 0.3 is 6.03 Å². The molecule has 0 radical (unpaired) electrons. The van der Waals surface area contributed by atoms with Crippen molar-refractivity contribution in [2.75, 3.05) is 18.1 Å². The fourth-order valence-corrected chi connectivity index (χ4v) is 4.76. The molecule has 2 heterocycles. The van der Waals surface area contributed by atoms with E-state index in [1.165, 1.54) is 6.08 Å². The molecule has 4 aromatic rings. The fourth-order valence-electron chi connectivity index (χ4n) is 4.57. The molecule has 8 nitrogen and oxygen atoms in total.